The Labute approximate surface area is 99.8 Å². The first kappa shape index (κ1) is 11.4. The van der Waals surface area contributed by atoms with Crippen molar-refractivity contribution in [2.24, 2.45) is 0 Å². The average molecular weight is 230 g/mol. The largest absolute Gasteiger partial charge is 0.350 e. The Morgan fingerprint density at radius 2 is 1.88 bits per heavy atom. The van der Waals surface area contributed by atoms with Gasteiger partial charge in [-0.15, -0.1) is 0 Å². The van der Waals surface area contributed by atoms with Crippen LogP contribution < -0.4 is 0 Å². The molecule has 2 rings (SSSR count). The number of benzene rings is 1. The first-order valence-corrected chi connectivity index (χ1v) is 5.29. The van der Waals surface area contributed by atoms with Crippen LogP contribution in [0.1, 0.15) is 10.5 Å². The standard InChI is InChI=1S/C13H14N2O2/c1-15(17-2)13(16)12-9-8-11(14-12)10-6-4-3-5-7-10/h3-9,14H,1-2H3. The predicted molar refractivity (Wildman–Crippen MR) is 65.3 cm³/mol. The lowest BCUT2D eigenvalue weighted by atomic mass is 10.2. The third-order valence-electron chi connectivity index (χ3n) is 2.56. The summed E-state index contributed by atoms with van der Waals surface area (Å²) in [6, 6.07) is 13.5. The number of nitrogens with one attached hydrogen (secondary N) is 1. The van der Waals surface area contributed by atoms with Gasteiger partial charge in [-0.05, 0) is 17.7 Å². The molecule has 1 aromatic carbocycles. The molecule has 1 heterocycles. The average Bonchev–Trinajstić information content (AvgIpc) is 2.87. The molecule has 0 aliphatic rings. The van der Waals surface area contributed by atoms with Crippen molar-refractivity contribution in [1.82, 2.24) is 10.0 Å². The van der Waals surface area contributed by atoms with Gasteiger partial charge in [-0.3, -0.25) is 9.63 Å². The molecule has 1 N–H and O–H groups in total. The number of hydrogen-bond donors (Lipinski definition) is 1. The Hall–Kier alpha value is -2.07. The normalized spacial score (nSPS) is 10.2. The SMILES string of the molecule is CON(C)C(=O)c1ccc(-c2ccccc2)[nH]1. The number of aromatic nitrogens is 1. The fourth-order valence-corrected chi connectivity index (χ4v) is 1.56. The molecule has 2 aromatic rings. The predicted octanol–water partition coefficient (Wildman–Crippen LogP) is 2.32. The van der Waals surface area contributed by atoms with Crippen LogP contribution >= 0.6 is 0 Å². The van der Waals surface area contributed by atoms with E-state index < -0.39 is 0 Å². The van der Waals surface area contributed by atoms with Gasteiger partial charge in [0.2, 0.25) is 0 Å². The molecule has 0 saturated heterocycles. The number of rotatable bonds is 3. The van der Waals surface area contributed by atoms with E-state index >= 15 is 0 Å². The Balaban J connectivity index is 2.25. The lowest BCUT2D eigenvalue weighted by molar-refractivity contribution is -0.0760. The summed E-state index contributed by atoms with van der Waals surface area (Å²) in [6.45, 7) is 0. The van der Waals surface area contributed by atoms with E-state index in [2.05, 4.69) is 4.98 Å². The van der Waals surface area contributed by atoms with Gasteiger partial charge in [0, 0.05) is 12.7 Å². The summed E-state index contributed by atoms with van der Waals surface area (Å²) in [5.41, 5.74) is 2.47. The summed E-state index contributed by atoms with van der Waals surface area (Å²) in [5, 5.41) is 1.18. The number of carbonyl (C=O) groups is 1. The van der Waals surface area contributed by atoms with E-state index in [0.29, 0.717) is 5.69 Å². The monoisotopic (exact) mass is 230 g/mol. The van der Waals surface area contributed by atoms with Crippen molar-refractivity contribution in [1.29, 1.82) is 0 Å². The minimum Gasteiger partial charge on any atom is -0.350 e. The van der Waals surface area contributed by atoms with Crippen LogP contribution in [0.25, 0.3) is 11.3 Å². The molecule has 0 saturated carbocycles. The van der Waals surface area contributed by atoms with E-state index in [0.717, 1.165) is 11.3 Å². The quantitative estimate of drug-likeness (QED) is 0.822. The zero-order chi connectivity index (χ0) is 12.3. The molecule has 0 atom stereocenters. The lowest BCUT2D eigenvalue weighted by Gasteiger charge is -2.11. The van der Waals surface area contributed by atoms with Gasteiger partial charge in [-0.25, -0.2) is 5.06 Å². The Kier molecular flexibility index (Phi) is 3.25. The fourth-order valence-electron chi connectivity index (χ4n) is 1.56. The number of hydrogen-bond acceptors (Lipinski definition) is 2. The summed E-state index contributed by atoms with van der Waals surface area (Å²) in [6.07, 6.45) is 0. The molecule has 4 nitrogen and oxygen atoms in total. The van der Waals surface area contributed by atoms with Crippen molar-refractivity contribution >= 4 is 5.91 Å². The summed E-state index contributed by atoms with van der Waals surface area (Å²) >= 11 is 0. The van der Waals surface area contributed by atoms with Gasteiger partial charge in [-0.1, -0.05) is 30.3 Å². The van der Waals surface area contributed by atoms with Gasteiger partial charge in [-0.2, -0.15) is 0 Å². The molecule has 0 fully saturated rings. The van der Waals surface area contributed by atoms with Crippen LogP contribution in [0.5, 0.6) is 0 Å². The van der Waals surface area contributed by atoms with Crippen LogP contribution in [-0.2, 0) is 4.84 Å². The maximum Gasteiger partial charge on any atom is 0.293 e. The van der Waals surface area contributed by atoms with Gasteiger partial charge in [0.15, 0.2) is 0 Å². The summed E-state index contributed by atoms with van der Waals surface area (Å²) in [5.74, 6) is -0.199. The first-order chi connectivity index (χ1) is 8.22. The maximum absolute atomic E-state index is 11.8. The second kappa shape index (κ2) is 4.84. The van der Waals surface area contributed by atoms with E-state index in [1.807, 2.05) is 36.4 Å². The van der Waals surface area contributed by atoms with E-state index in [-0.39, 0.29) is 5.91 Å². The number of aromatic amines is 1. The number of H-pyrrole nitrogens is 1. The molecule has 0 radical (unpaired) electrons. The molecule has 0 aliphatic carbocycles. The van der Waals surface area contributed by atoms with Crippen molar-refractivity contribution in [3.63, 3.8) is 0 Å². The lowest BCUT2D eigenvalue weighted by Crippen LogP contribution is -2.25. The highest BCUT2D eigenvalue weighted by Crippen LogP contribution is 2.18. The molecule has 0 bridgehead atoms. The molecule has 1 aromatic heterocycles. The van der Waals surface area contributed by atoms with Crippen LogP contribution in [0.3, 0.4) is 0 Å². The van der Waals surface area contributed by atoms with Gasteiger partial charge < -0.3 is 4.98 Å². The zero-order valence-corrected chi connectivity index (χ0v) is 9.81. The molecule has 0 aliphatic heterocycles. The number of nitrogens with zero attached hydrogens (tertiary/aromatic N) is 1. The Morgan fingerprint density at radius 3 is 2.53 bits per heavy atom. The van der Waals surface area contributed by atoms with Crippen LogP contribution in [0, 0.1) is 0 Å². The second-order valence-electron chi connectivity index (χ2n) is 3.64. The topological polar surface area (TPSA) is 45.3 Å². The fraction of sp³-hybridized carbons (Fsp3) is 0.154. The van der Waals surface area contributed by atoms with Crippen LogP contribution in [0.4, 0.5) is 0 Å². The molecule has 0 unspecified atom stereocenters. The second-order valence-corrected chi connectivity index (χ2v) is 3.64. The van der Waals surface area contributed by atoms with Crippen molar-refractivity contribution in [3.8, 4) is 11.3 Å². The minimum absolute atomic E-state index is 0.199. The van der Waals surface area contributed by atoms with Crippen molar-refractivity contribution in [3.05, 3.63) is 48.2 Å². The van der Waals surface area contributed by atoms with E-state index in [1.54, 1.807) is 13.1 Å². The number of hydroxylamine groups is 2. The Morgan fingerprint density at radius 1 is 1.18 bits per heavy atom. The third kappa shape index (κ3) is 2.37. The minimum atomic E-state index is -0.199. The molecule has 17 heavy (non-hydrogen) atoms. The number of amides is 1. The van der Waals surface area contributed by atoms with Crippen LogP contribution in [0.2, 0.25) is 0 Å². The molecule has 0 spiro atoms. The van der Waals surface area contributed by atoms with Crippen molar-refractivity contribution < 1.29 is 9.63 Å². The summed E-state index contributed by atoms with van der Waals surface area (Å²) < 4.78 is 0. The molecular formula is C13H14N2O2. The molecule has 1 amide bonds. The maximum atomic E-state index is 11.8. The smallest absolute Gasteiger partial charge is 0.293 e. The summed E-state index contributed by atoms with van der Waals surface area (Å²) in [4.78, 5) is 19.7. The van der Waals surface area contributed by atoms with E-state index in [9.17, 15) is 4.79 Å². The van der Waals surface area contributed by atoms with E-state index in [4.69, 9.17) is 4.84 Å². The number of carbonyl (C=O) groups excluding carboxylic acids is 1. The highest BCUT2D eigenvalue weighted by atomic mass is 16.7. The van der Waals surface area contributed by atoms with Crippen LogP contribution in [-0.4, -0.2) is 30.1 Å². The Bertz CT molecular complexity index is 505. The molecule has 4 heteroatoms. The van der Waals surface area contributed by atoms with E-state index in [1.165, 1.54) is 12.2 Å². The summed E-state index contributed by atoms with van der Waals surface area (Å²) in [7, 11) is 3.03. The van der Waals surface area contributed by atoms with Crippen LogP contribution in [0.15, 0.2) is 42.5 Å². The zero-order valence-electron chi connectivity index (χ0n) is 9.81. The van der Waals surface area contributed by atoms with Gasteiger partial charge in [0.05, 0.1) is 7.11 Å². The third-order valence-corrected chi connectivity index (χ3v) is 2.56. The highest BCUT2D eigenvalue weighted by Gasteiger charge is 2.13. The van der Waals surface area contributed by atoms with Gasteiger partial charge in [0.1, 0.15) is 5.69 Å². The van der Waals surface area contributed by atoms with Crippen molar-refractivity contribution in [2.75, 3.05) is 14.2 Å². The van der Waals surface area contributed by atoms with Gasteiger partial charge >= 0.3 is 0 Å². The first-order valence-electron chi connectivity index (χ1n) is 5.29. The van der Waals surface area contributed by atoms with Crippen molar-refractivity contribution in [2.45, 2.75) is 0 Å². The van der Waals surface area contributed by atoms with Gasteiger partial charge in [0.25, 0.3) is 5.91 Å². The highest BCUT2D eigenvalue weighted by molar-refractivity contribution is 5.92. The molecule has 88 valence electrons. The molecular weight excluding hydrogens is 216 g/mol.